The van der Waals surface area contributed by atoms with Crippen molar-refractivity contribution in [2.24, 2.45) is 0 Å². The number of aryl methyl sites for hydroxylation is 2. The Kier molecular flexibility index (Phi) is 5.77. The third-order valence-corrected chi connectivity index (χ3v) is 6.68. The number of aromatic nitrogens is 1. The zero-order valence-corrected chi connectivity index (χ0v) is 19.6. The van der Waals surface area contributed by atoms with Crippen LogP contribution in [0.4, 0.5) is 5.69 Å². The lowest BCUT2D eigenvalue weighted by atomic mass is 9.99. The molecule has 1 saturated heterocycles. The summed E-state index contributed by atoms with van der Waals surface area (Å²) in [5.41, 5.74) is 6.84. The predicted molar refractivity (Wildman–Crippen MR) is 136 cm³/mol. The van der Waals surface area contributed by atoms with Gasteiger partial charge in [-0.05, 0) is 43.7 Å². The number of anilines is 1. The molecule has 0 spiro atoms. The quantitative estimate of drug-likeness (QED) is 0.372. The van der Waals surface area contributed by atoms with Gasteiger partial charge in [0.2, 0.25) is 0 Å². The highest BCUT2D eigenvalue weighted by molar-refractivity contribution is 6.33. The van der Waals surface area contributed by atoms with E-state index in [4.69, 9.17) is 16.6 Å². The van der Waals surface area contributed by atoms with Crippen molar-refractivity contribution in [2.45, 2.75) is 13.8 Å². The molecule has 0 radical (unpaired) electrons. The molecule has 1 amide bonds. The van der Waals surface area contributed by atoms with Gasteiger partial charge >= 0.3 is 0 Å². The van der Waals surface area contributed by atoms with Gasteiger partial charge in [-0.25, -0.2) is 4.98 Å². The van der Waals surface area contributed by atoms with Gasteiger partial charge < -0.3 is 9.80 Å². The first-order valence-electron chi connectivity index (χ1n) is 11.3. The summed E-state index contributed by atoms with van der Waals surface area (Å²) in [5.74, 6) is 0.0541. The summed E-state index contributed by atoms with van der Waals surface area (Å²) in [7, 11) is 0. The zero-order chi connectivity index (χ0) is 22.9. The van der Waals surface area contributed by atoms with E-state index in [9.17, 15) is 4.79 Å². The van der Waals surface area contributed by atoms with Gasteiger partial charge in [0.1, 0.15) is 0 Å². The van der Waals surface area contributed by atoms with E-state index in [1.54, 1.807) is 0 Å². The monoisotopic (exact) mass is 455 g/mol. The van der Waals surface area contributed by atoms with Crippen LogP contribution in [0.5, 0.6) is 0 Å². The molecule has 3 aromatic carbocycles. The van der Waals surface area contributed by atoms with E-state index in [-0.39, 0.29) is 5.91 Å². The first kappa shape index (κ1) is 21.5. The number of fused-ring (bicyclic) bond motifs is 1. The van der Waals surface area contributed by atoms with Gasteiger partial charge in [-0.15, -0.1) is 0 Å². The largest absolute Gasteiger partial charge is 0.367 e. The van der Waals surface area contributed by atoms with Crippen molar-refractivity contribution in [1.82, 2.24) is 9.88 Å². The molecule has 4 nitrogen and oxygen atoms in total. The van der Waals surface area contributed by atoms with E-state index >= 15 is 0 Å². The lowest BCUT2D eigenvalue weighted by Gasteiger charge is -2.36. The Morgan fingerprint density at radius 1 is 0.879 bits per heavy atom. The van der Waals surface area contributed by atoms with E-state index < -0.39 is 0 Å². The number of carbonyl (C=O) groups excluding carboxylic acids is 1. The molecule has 0 unspecified atom stereocenters. The van der Waals surface area contributed by atoms with E-state index in [1.165, 1.54) is 5.56 Å². The third-order valence-electron chi connectivity index (χ3n) is 6.36. The smallest absolute Gasteiger partial charge is 0.254 e. The Morgan fingerprint density at radius 3 is 2.36 bits per heavy atom. The van der Waals surface area contributed by atoms with Crippen LogP contribution in [-0.4, -0.2) is 42.0 Å². The van der Waals surface area contributed by atoms with Crippen LogP contribution in [-0.2, 0) is 0 Å². The number of para-hydroxylation sites is 2. The molecule has 1 aliphatic heterocycles. The standard InChI is InChI=1S/C28H26ClN3O/c1-19-11-12-21(20(2)17-19)26-18-23(22-7-3-5-9-25(22)30-26)28(33)32-15-13-31(14-16-32)27-10-6-4-8-24(27)29/h3-12,17-18H,13-16H2,1-2H3. The number of amides is 1. The van der Waals surface area contributed by atoms with E-state index in [2.05, 4.69) is 36.9 Å². The maximum Gasteiger partial charge on any atom is 0.254 e. The number of rotatable bonds is 3. The van der Waals surface area contributed by atoms with Gasteiger partial charge in [0.15, 0.2) is 0 Å². The lowest BCUT2D eigenvalue weighted by molar-refractivity contribution is 0.0748. The molecule has 33 heavy (non-hydrogen) atoms. The number of hydrogen-bond donors (Lipinski definition) is 0. The van der Waals surface area contributed by atoms with Gasteiger partial charge in [0.05, 0.1) is 27.5 Å². The number of piperazine rings is 1. The molecule has 1 aromatic heterocycles. The Bertz CT molecular complexity index is 1340. The second-order valence-electron chi connectivity index (χ2n) is 8.62. The predicted octanol–water partition coefficient (Wildman–Crippen LogP) is 6.13. The van der Waals surface area contributed by atoms with Crippen LogP contribution in [0.3, 0.4) is 0 Å². The Labute approximate surface area is 199 Å². The summed E-state index contributed by atoms with van der Waals surface area (Å²) in [6.07, 6.45) is 0. The van der Waals surface area contributed by atoms with Crippen molar-refractivity contribution in [3.63, 3.8) is 0 Å². The molecule has 0 saturated carbocycles. The molecule has 0 aliphatic carbocycles. The highest BCUT2D eigenvalue weighted by Crippen LogP contribution is 2.30. The minimum absolute atomic E-state index is 0.0541. The first-order chi connectivity index (χ1) is 16.0. The fourth-order valence-electron chi connectivity index (χ4n) is 4.62. The number of carbonyl (C=O) groups is 1. The lowest BCUT2D eigenvalue weighted by Crippen LogP contribution is -2.49. The number of nitrogens with zero attached hydrogens (tertiary/aromatic N) is 3. The first-order valence-corrected chi connectivity index (χ1v) is 11.7. The summed E-state index contributed by atoms with van der Waals surface area (Å²) < 4.78 is 0. The Balaban J connectivity index is 1.47. The molecular formula is C28H26ClN3O. The van der Waals surface area contributed by atoms with Crippen LogP contribution in [0.2, 0.25) is 5.02 Å². The molecule has 0 atom stereocenters. The fourth-order valence-corrected chi connectivity index (χ4v) is 4.88. The second-order valence-corrected chi connectivity index (χ2v) is 9.03. The summed E-state index contributed by atoms with van der Waals surface area (Å²) >= 11 is 6.39. The Morgan fingerprint density at radius 2 is 1.61 bits per heavy atom. The Hall–Kier alpha value is -3.37. The average Bonchev–Trinajstić information content (AvgIpc) is 2.83. The van der Waals surface area contributed by atoms with Crippen molar-refractivity contribution < 1.29 is 4.79 Å². The van der Waals surface area contributed by atoms with Crippen LogP contribution >= 0.6 is 11.6 Å². The average molecular weight is 456 g/mol. The van der Waals surface area contributed by atoms with Crippen molar-refractivity contribution in [1.29, 1.82) is 0 Å². The van der Waals surface area contributed by atoms with Crippen molar-refractivity contribution in [3.05, 3.63) is 94.5 Å². The van der Waals surface area contributed by atoms with Gasteiger partial charge in [-0.1, -0.05) is 65.7 Å². The normalized spacial score (nSPS) is 14.0. The summed E-state index contributed by atoms with van der Waals surface area (Å²) in [6, 6.07) is 24.1. The second kappa shape index (κ2) is 8.87. The van der Waals surface area contributed by atoms with Crippen LogP contribution in [0.15, 0.2) is 72.8 Å². The molecule has 0 N–H and O–H groups in total. The van der Waals surface area contributed by atoms with Crippen LogP contribution < -0.4 is 4.90 Å². The minimum atomic E-state index is 0.0541. The van der Waals surface area contributed by atoms with Crippen molar-refractivity contribution >= 4 is 34.1 Å². The van der Waals surface area contributed by atoms with Gasteiger partial charge in [-0.2, -0.15) is 0 Å². The van der Waals surface area contributed by atoms with Crippen molar-refractivity contribution in [3.8, 4) is 11.3 Å². The van der Waals surface area contributed by atoms with Gasteiger partial charge in [-0.3, -0.25) is 4.79 Å². The molecular weight excluding hydrogens is 430 g/mol. The molecule has 5 heteroatoms. The maximum absolute atomic E-state index is 13.7. The van der Waals surface area contributed by atoms with Crippen LogP contribution in [0, 0.1) is 13.8 Å². The van der Waals surface area contributed by atoms with Crippen LogP contribution in [0.25, 0.3) is 22.2 Å². The molecule has 4 aromatic rings. The van der Waals surface area contributed by atoms with Crippen molar-refractivity contribution in [2.75, 3.05) is 31.1 Å². The number of pyridine rings is 1. The highest BCUT2D eigenvalue weighted by atomic mass is 35.5. The molecule has 1 fully saturated rings. The molecule has 5 rings (SSSR count). The minimum Gasteiger partial charge on any atom is -0.367 e. The molecule has 166 valence electrons. The summed E-state index contributed by atoms with van der Waals surface area (Å²) in [5, 5.41) is 1.64. The number of hydrogen-bond acceptors (Lipinski definition) is 3. The molecule has 2 heterocycles. The van der Waals surface area contributed by atoms with Gasteiger partial charge in [0.25, 0.3) is 5.91 Å². The van der Waals surface area contributed by atoms with E-state index in [0.717, 1.165) is 51.5 Å². The number of halogens is 1. The maximum atomic E-state index is 13.7. The van der Waals surface area contributed by atoms with E-state index in [1.807, 2.05) is 59.5 Å². The topological polar surface area (TPSA) is 36.4 Å². The van der Waals surface area contributed by atoms with Gasteiger partial charge in [0, 0.05) is 37.1 Å². The SMILES string of the molecule is Cc1ccc(-c2cc(C(=O)N3CCN(c4ccccc4Cl)CC3)c3ccccc3n2)c(C)c1. The fraction of sp³-hybridized carbons (Fsp3) is 0.214. The molecule has 1 aliphatic rings. The van der Waals surface area contributed by atoms with E-state index in [0.29, 0.717) is 18.7 Å². The molecule has 0 bridgehead atoms. The number of benzene rings is 3. The summed E-state index contributed by atoms with van der Waals surface area (Å²) in [4.78, 5) is 22.8. The zero-order valence-electron chi connectivity index (χ0n) is 18.9. The third kappa shape index (κ3) is 4.19. The highest BCUT2D eigenvalue weighted by Gasteiger charge is 2.25. The van der Waals surface area contributed by atoms with Crippen LogP contribution in [0.1, 0.15) is 21.5 Å². The summed E-state index contributed by atoms with van der Waals surface area (Å²) in [6.45, 7) is 6.99.